The van der Waals surface area contributed by atoms with Crippen molar-refractivity contribution in [2.75, 3.05) is 13.7 Å². The number of aromatic nitrogens is 3. The molecular formula is C18H23N5O4. The fourth-order valence-corrected chi connectivity index (χ4v) is 3.18. The average molecular weight is 373 g/mol. The van der Waals surface area contributed by atoms with E-state index in [4.69, 9.17) is 10.5 Å². The third-order valence-corrected chi connectivity index (χ3v) is 4.50. The number of benzene rings is 1. The van der Waals surface area contributed by atoms with Crippen molar-refractivity contribution in [1.82, 2.24) is 19.7 Å². The summed E-state index contributed by atoms with van der Waals surface area (Å²) in [5.41, 5.74) is 6.81. The van der Waals surface area contributed by atoms with Crippen molar-refractivity contribution in [3.63, 3.8) is 0 Å². The number of esters is 1. The molecule has 27 heavy (non-hydrogen) atoms. The van der Waals surface area contributed by atoms with Crippen molar-refractivity contribution < 1.29 is 19.4 Å². The van der Waals surface area contributed by atoms with Crippen LogP contribution in [0.25, 0.3) is 11.4 Å². The summed E-state index contributed by atoms with van der Waals surface area (Å²) in [6.45, 7) is 1.71. The normalized spacial score (nSPS) is 20.5. The maximum absolute atomic E-state index is 12.8. The maximum Gasteiger partial charge on any atom is 0.328 e. The summed E-state index contributed by atoms with van der Waals surface area (Å²) in [5, 5.41) is 14.3. The zero-order valence-electron chi connectivity index (χ0n) is 15.3. The monoisotopic (exact) mass is 373 g/mol. The van der Waals surface area contributed by atoms with Gasteiger partial charge in [0.1, 0.15) is 18.4 Å². The van der Waals surface area contributed by atoms with E-state index >= 15 is 0 Å². The number of carbonyl (C=O) groups excluding carboxylic acids is 2. The van der Waals surface area contributed by atoms with Crippen LogP contribution in [0.2, 0.25) is 0 Å². The van der Waals surface area contributed by atoms with Crippen molar-refractivity contribution in [1.29, 1.82) is 0 Å². The summed E-state index contributed by atoms with van der Waals surface area (Å²) in [4.78, 5) is 30.5. The Kier molecular flexibility index (Phi) is 5.52. The summed E-state index contributed by atoms with van der Waals surface area (Å²) in [5.74, 6) is 0.0440. The van der Waals surface area contributed by atoms with E-state index in [-0.39, 0.29) is 25.4 Å². The molecule has 1 aromatic heterocycles. The Morgan fingerprint density at radius 1 is 1.37 bits per heavy atom. The molecule has 3 N–H and O–H groups in total. The van der Waals surface area contributed by atoms with E-state index in [1.165, 1.54) is 16.7 Å². The number of amides is 1. The number of hydrogen-bond acceptors (Lipinski definition) is 7. The van der Waals surface area contributed by atoms with Gasteiger partial charge in [-0.25, -0.2) is 14.5 Å². The number of methoxy groups -OCH3 is 1. The second-order valence-corrected chi connectivity index (χ2v) is 6.58. The molecule has 0 saturated carbocycles. The highest BCUT2D eigenvalue weighted by atomic mass is 16.5. The molecule has 0 bridgehead atoms. The smallest absolute Gasteiger partial charge is 0.328 e. The Morgan fingerprint density at radius 2 is 2.07 bits per heavy atom. The molecule has 3 unspecified atom stereocenters. The van der Waals surface area contributed by atoms with Crippen LogP contribution in [0.15, 0.2) is 30.3 Å². The van der Waals surface area contributed by atoms with Gasteiger partial charge in [-0.2, -0.15) is 5.10 Å². The molecular weight excluding hydrogens is 350 g/mol. The van der Waals surface area contributed by atoms with Crippen LogP contribution in [-0.4, -0.2) is 62.4 Å². The van der Waals surface area contributed by atoms with Gasteiger partial charge in [0, 0.05) is 18.5 Å². The lowest BCUT2D eigenvalue weighted by Gasteiger charge is -2.22. The van der Waals surface area contributed by atoms with Crippen molar-refractivity contribution in [2.45, 2.75) is 38.1 Å². The first-order valence-electron chi connectivity index (χ1n) is 8.71. The predicted molar refractivity (Wildman–Crippen MR) is 96.2 cm³/mol. The molecule has 0 radical (unpaired) electrons. The Bertz CT molecular complexity index is 820. The molecule has 1 saturated heterocycles. The number of carbonyl (C=O) groups is 2. The fraction of sp³-hybridized carbons (Fsp3) is 0.444. The molecule has 2 heterocycles. The van der Waals surface area contributed by atoms with E-state index in [0.717, 1.165) is 5.56 Å². The Hall–Kier alpha value is -2.78. The summed E-state index contributed by atoms with van der Waals surface area (Å²) >= 11 is 0. The van der Waals surface area contributed by atoms with Gasteiger partial charge in [-0.15, -0.1) is 0 Å². The van der Waals surface area contributed by atoms with Gasteiger partial charge in [-0.05, 0) is 6.92 Å². The number of ether oxygens (including phenoxy) is 1. The van der Waals surface area contributed by atoms with Gasteiger partial charge in [0.25, 0.3) is 0 Å². The van der Waals surface area contributed by atoms with Crippen LogP contribution in [0.4, 0.5) is 0 Å². The second kappa shape index (κ2) is 7.85. The molecule has 9 nitrogen and oxygen atoms in total. The zero-order chi connectivity index (χ0) is 19.6. The van der Waals surface area contributed by atoms with Crippen LogP contribution >= 0.6 is 0 Å². The zero-order valence-corrected chi connectivity index (χ0v) is 15.3. The highest BCUT2D eigenvalue weighted by Crippen LogP contribution is 2.21. The highest BCUT2D eigenvalue weighted by Gasteiger charge is 2.39. The lowest BCUT2D eigenvalue weighted by molar-refractivity contribution is -0.151. The third-order valence-electron chi connectivity index (χ3n) is 4.50. The van der Waals surface area contributed by atoms with Crippen LogP contribution in [0.1, 0.15) is 25.2 Å². The van der Waals surface area contributed by atoms with Crippen LogP contribution in [0.5, 0.6) is 0 Å². The van der Waals surface area contributed by atoms with E-state index in [2.05, 4.69) is 10.1 Å². The Balaban J connectivity index is 1.85. The standard InChI is InChI=1S/C18H23N5O4/c1-11(19)17-20-16(12-6-4-3-5-7-12)21-23(17)10-15(25)22-9-13(24)8-14(22)18(26)27-2/h3-7,11,13-14,24H,8-10,19H2,1-2H3. The minimum Gasteiger partial charge on any atom is -0.467 e. The minimum atomic E-state index is -0.798. The maximum atomic E-state index is 12.8. The number of aliphatic hydroxyl groups excluding tert-OH is 1. The van der Waals surface area contributed by atoms with Gasteiger partial charge in [0.05, 0.1) is 19.3 Å². The number of nitrogens with zero attached hydrogens (tertiary/aromatic N) is 4. The number of β-amino-alcohol motifs (C(OH)–C–C–N with tert-alkyl or cyclic N) is 1. The molecule has 3 rings (SSSR count). The van der Waals surface area contributed by atoms with Crippen molar-refractivity contribution in [3.8, 4) is 11.4 Å². The van der Waals surface area contributed by atoms with Gasteiger partial charge >= 0.3 is 5.97 Å². The van der Waals surface area contributed by atoms with Crippen molar-refractivity contribution in [3.05, 3.63) is 36.2 Å². The Labute approximate surface area is 156 Å². The van der Waals surface area contributed by atoms with E-state index in [1.54, 1.807) is 6.92 Å². The van der Waals surface area contributed by atoms with Gasteiger partial charge in [-0.1, -0.05) is 30.3 Å². The SMILES string of the molecule is COC(=O)C1CC(O)CN1C(=O)Cn1nc(-c2ccccc2)nc1C(C)N. The summed E-state index contributed by atoms with van der Waals surface area (Å²) in [6.07, 6.45) is -0.605. The molecule has 0 aliphatic carbocycles. The minimum absolute atomic E-state index is 0.0757. The molecule has 1 fully saturated rings. The number of hydrogen-bond donors (Lipinski definition) is 2. The van der Waals surface area contributed by atoms with Crippen LogP contribution in [-0.2, 0) is 20.9 Å². The van der Waals surface area contributed by atoms with E-state index in [1.807, 2.05) is 30.3 Å². The van der Waals surface area contributed by atoms with Crippen LogP contribution < -0.4 is 5.73 Å². The van der Waals surface area contributed by atoms with E-state index < -0.39 is 24.2 Å². The lowest BCUT2D eigenvalue weighted by Crippen LogP contribution is -2.43. The topological polar surface area (TPSA) is 124 Å². The molecule has 1 amide bonds. The van der Waals surface area contributed by atoms with Gasteiger partial charge in [0.2, 0.25) is 5.91 Å². The fourth-order valence-electron chi connectivity index (χ4n) is 3.18. The Morgan fingerprint density at radius 3 is 2.70 bits per heavy atom. The molecule has 1 aliphatic rings. The number of nitrogens with two attached hydrogens (primary N) is 1. The molecule has 3 atom stereocenters. The molecule has 2 aromatic rings. The molecule has 9 heteroatoms. The van der Waals surface area contributed by atoms with E-state index in [0.29, 0.717) is 11.6 Å². The average Bonchev–Trinajstić information content (AvgIpc) is 3.25. The first-order valence-corrected chi connectivity index (χ1v) is 8.71. The van der Waals surface area contributed by atoms with Crippen molar-refractivity contribution in [2.24, 2.45) is 5.73 Å². The molecule has 144 valence electrons. The van der Waals surface area contributed by atoms with E-state index in [9.17, 15) is 14.7 Å². The molecule has 1 aromatic carbocycles. The third kappa shape index (κ3) is 3.99. The predicted octanol–water partition coefficient (Wildman–Crippen LogP) is 0.0996. The second-order valence-electron chi connectivity index (χ2n) is 6.58. The lowest BCUT2D eigenvalue weighted by atomic mass is 10.2. The number of aliphatic hydroxyl groups is 1. The quantitative estimate of drug-likeness (QED) is 0.712. The van der Waals surface area contributed by atoms with Crippen molar-refractivity contribution >= 4 is 11.9 Å². The van der Waals surface area contributed by atoms with Crippen LogP contribution in [0, 0.1) is 0 Å². The summed E-state index contributed by atoms with van der Waals surface area (Å²) < 4.78 is 6.19. The molecule has 0 spiro atoms. The number of rotatable bonds is 5. The van der Waals surface area contributed by atoms with Crippen LogP contribution in [0.3, 0.4) is 0 Å². The highest BCUT2D eigenvalue weighted by molar-refractivity contribution is 5.85. The summed E-state index contributed by atoms with van der Waals surface area (Å²) in [7, 11) is 1.26. The van der Waals surface area contributed by atoms with Gasteiger partial charge in [0.15, 0.2) is 5.82 Å². The largest absolute Gasteiger partial charge is 0.467 e. The number of likely N-dealkylation sites (tertiary alicyclic amines) is 1. The van der Waals surface area contributed by atoms with Gasteiger partial charge in [-0.3, -0.25) is 4.79 Å². The first-order chi connectivity index (χ1) is 12.9. The van der Waals surface area contributed by atoms with Gasteiger partial charge < -0.3 is 20.5 Å². The molecule has 1 aliphatic heterocycles. The first kappa shape index (κ1) is 19.0. The summed E-state index contributed by atoms with van der Waals surface area (Å²) in [6, 6.07) is 8.16.